The molecule has 0 saturated carbocycles. The van der Waals surface area contributed by atoms with Gasteiger partial charge in [-0.15, -0.1) is 0 Å². The second-order valence-corrected chi connectivity index (χ2v) is 24.2. The number of hydrogen-bond acceptors (Lipinski definition) is 6. The Labute approximate surface area is 489 Å². The van der Waals surface area contributed by atoms with Gasteiger partial charge in [0.05, 0.1) is 9.79 Å². The van der Waals surface area contributed by atoms with E-state index in [1.165, 1.54) is 204 Å². The summed E-state index contributed by atoms with van der Waals surface area (Å²) in [4.78, 5) is -0.138. The van der Waals surface area contributed by atoms with Crippen LogP contribution in [0.2, 0.25) is 0 Å². The molecule has 0 fully saturated rings. The molecule has 73 heavy (non-hydrogen) atoms. The average Bonchev–Trinajstić information content (AvgIpc) is 3.36. The van der Waals surface area contributed by atoms with Crippen molar-refractivity contribution in [1.82, 2.24) is 0 Å². The molecule has 4 aromatic rings. The first-order valence-corrected chi connectivity index (χ1v) is 32.8. The van der Waals surface area contributed by atoms with E-state index < -0.39 is 20.2 Å². The summed E-state index contributed by atoms with van der Waals surface area (Å²) < 4.78 is 71.6. The first-order chi connectivity index (χ1) is 34.9. The molecule has 0 radical (unpaired) electrons. The predicted octanol–water partition coefficient (Wildman–Crippen LogP) is 19.4. The van der Waals surface area contributed by atoms with Crippen molar-refractivity contribution in [2.45, 2.75) is 294 Å². The standard InChI is InChI=1S/2C32H52O3S.Ba/c2*1-3-5-7-9-11-13-15-17-19-22-28-24-21-25-31-29(26-30(27-32(28)31)36(33,34)35)23-20-18-16-14-12-10-8-6-4-2;/h2*21,24-27H,3-20,22-23H2,1-2H3,(H,33,34,35);/q;;+2/p-2. The number of unbranched alkanes of at least 4 members (excludes halogenated alkanes) is 32. The Balaban J connectivity index is 0.000000493. The Morgan fingerprint density at radius 1 is 0.288 bits per heavy atom. The number of benzene rings is 4. The molecular weight excluding hydrogens is 1070 g/mol. The molecule has 4 rings (SSSR count). The first kappa shape index (κ1) is 67.9. The zero-order chi connectivity index (χ0) is 52.1. The Kier molecular flexibility index (Phi) is 38.9. The third-order valence-corrected chi connectivity index (χ3v) is 16.7. The molecule has 0 spiro atoms. The summed E-state index contributed by atoms with van der Waals surface area (Å²) in [6.45, 7) is 9.00. The molecule has 0 aliphatic rings. The second kappa shape index (κ2) is 41.8. The molecule has 9 heteroatoms. The fourth-order valence-corrected chi connectivity index (χ4v) is 11.7. The minimum atomic E-state index is -4.48. The quantitative estimate of drug-likeness (QED) is 0.0248. The third-order valence-electron chi connectivity index (χ3n) is 15.1. The normalized spacial score (nSPS) is 11.8. The molecule has 408 valence electrons. The van der Waals surface area contributed by atoms with Crippen LogP contribution >= 0.6 is 0 Å². The van der Waals surface area contributed by atoms with Crippen molar-refractivity contribution in [3.8, 4) is 0 Å². The van der Waals surface area contributed by atoms with Crippen molar-refractivity contribution in [3.05, 3.63) is 82.9 Å². The van der Waals surface area contributed by atoms with Crippen LogP contribution in [-0.2, 0) is 45.9 Å². The molecule has 0 atom stereocenters. The topological polar surface area (TPSA) is 114 Å². The van der Waals surface area contributed by atoms with Crippen LogP contribution in [-0.4, -0.2) is 74.8 Å². The summed E-state index contributed by atoms with van der Waals surface area (Å²) in [5, 5.41) is 4.16. The average molecular weight is 1170 g/mol. The molecule has 0 N–H and O–H groups in total. The first-order valence-electron chi connectivity index (χ1n) is 29.9. The summed E-state index contributed by atoms with van der Waals surface area (Å²) in [6, 6.07) is 19.1. The fourth-order valence-electron chi connectivity index (χ4n) is 10.6. The molecule has 4 aromatic carbocycles. The van der Waals surface area contributed by atoms with Gasteiger partial charge in [0, 0.05) is 0 Å². The molecule has 6 nitrogen and oxygen atoms in total. The summed E-state index contributed by atoms with van der Waals surface area (Å²) in [7, 11) is -8.95. The third kappa shape index (κ3) is 29.4. The van der Waals surface area contributed by atoms with E-state index >= 15 is 0 Å². The van der Waals surface area contributed by atoms with Crippen LogP contribution < -0.4 is 0 Å². The van der Waals surface area contributed by atoms with Gasteiger partial charge >= 0.3 is 48.9 Å². The maximum atomic E-state index is 11.9. The van der Waals surface area contributed by atoms with E-state index in [2.05, 4.69) is 64.1 Å². The Morgan fingerprint density at radius 2 is 0.507 bits per heavy atom. The Hall–Kier alpha value is -1.21. The van der Waals surface area contributed by atoms with E-state index in [9.17, 15) is 25.9 Å². The summed E-state index contributed by atoms with van der Waals surface area (Å²) in [6.07, 6.45) is 49.3. The summed E-state index contributed by atoms with van der Waals surface area (Å²) >= 11 is 0. The molecule has 0 bridgehead atoms. The van der Waals surface area contributed by atoms with Gasteiger partial charge in [0.25, 0.3) is 0 Å². The van der Waals surface area contributed by atoms with E-state index in [4.69, 9.17) is 0 Å². The maximum Gasteiger partial charge on any atom is 2.00 e. The molecule has 0 aliphatic heterocycles. The van der Waals surface area contributed by atoms with Crippen molar-refractivity contribution >= 4 is 90.7 Å². The largest absolute Gasteiger partial charge is 2.00 e. The van der Waals surface area contributed by atoms with Crippen LogP contribution in [0.25, 0.3) is 21.5 Å². The Bertz CT molecular complexity index is 2100. The fraction of sp³-hybridized carbons (Fsp3) is 0.688. The number of hydrogen-bond donors (Lipinski definition) is 0. The van der Waals surface area contributed by atoms with Gasteiger partial charge in [-0.1, -0.05) is 270 Å². The molecule has 0 saturated heterocycles. The summed E-state index contributed by atoms with van der Waals surface area (Å²) in [5.74, 6) is 0. The number of fused-ring (bicyclic) bond motifs is 2. The monoisotopic (exact) mass is 1170 g/mol. The van der Waals surface area contributed by atoms with Crippen molar-refractivity contribution in [2.24, 2.45) is 0 Å². The van der Waals surface area contributed by atoms with Gasteiger partial charge in [0.1, 0.15) is 20.2 Å². The second-order valence-electron chi connectivity index (χ2n) is 21.4. The predicted molar refractivity (Wildman–Crippen MR) is 313 cm³/mol. The van der Waals surface area contributed by atoms with Gasteiger partial charge in [-0.25, -0.2) is 16.8 Å². The van der Waals surface area contributed by atoms with Gasteiger partial charge < -0.3 is 9.11 Å². The van der Waals surface area contributed by atoms with Crippen molar-refractivity contribution in [1.29, 1.82) is 0 Å². The molecule has 0 amide bonds. The SMILES string of the molecule is CCCCCCCCCCCc1cc(S(=O)(=O)[O-])cc2c(CCCCCCCCCCC)cccc12.CCCCCCCCCCCc1cc(S(=O)(=O)[O-])cc2c(CCCCCCCCCCC)cccc12.[Ba+2]. The van der Waals surface area contributed by atoms with E-state index in [1.54, 1.807) is 24.3 Å². The zero-order valence-electron chi connectivity index (χ0n) is 47.0. The molecule has 0 aromatic heterocycles. The number of rotatable bonds is 42. The summed E-state index contributed by atoms with van der Waals surface area (Å²) in [5.41, 5.74) is 4.38. The van der Waals surface area contributed by atoms with Crippen molar-refractivity contribution < 1.29 is 25.9 Å². The molecule has 0 heterocycles. The van der Waals surface area contributed by atoms with Gasteiger partial charge in [0.2, 0.25) is 0 Å². The van der Waals surface area contributed by atoms with Crippen molar-refractivity contribution in [3.63, 3.8) is 0 Å². The van der Waals surface area contributed by atoms with Gasteiger partial charge in [0.15, 0.2) is 0 Å². The van der Waals surface area contributed by atoms with Crippen LogP contribution in [0, 0.1) is 0 Å². The van der Waals surface area contributed by atoms with Crippen LogP contribution in [0.3, 0.4) is 0 Å². The molecular formula is C64H102BaO6S2. The minimum Gasteiger partial charge on any atom is -0.744 e. The Morgan fingerprint density at radius 3 is 0.740 bits per heavy atom. The van der Waals surface area contributed by atoms with Crippen LogP contribution in [0.4, 0.5) is 0 Å². The van der Waals surface area contributed by atoms with E-state index in [1.807, 2.05) is 0 Å². The van der Waals surface area contributed by atoms with Crippen molar-refractivity contribution in [2.75, 3.05) is 0 Å². The zero-order valence-corrected chi connectivity index (χ0v) is 53.1. The van der Waals surface area contributed by atoms with E-state index in [0.29, 0.717) is 0 Å². The molecule has 0 unspecified atom stereocenters. The smallest absolute Gasteiger partial charge is 0.744 e. The van der Waals surface area contributed by atoms with E-state index in [0.717, 1.165) is 96.9 Å². The van der Waals surface area contributed by atoms with Crippen LogP contribution in [0.1, 0.15) is 281 Å². The minimum absolute atomic E-state index is 0. The van der Waals surface area contributed by atoms with Crippen LogP contribution in [0.5, 0.6) is 0 Å². The van der Waals surface area contributed by atoms with Gasteiger partial charge in [-0.3, -0.25) is 0 Å². The number of aryl methyl sites for hydroxylation is 4. The molecule has 0 aliphatic carbocycles. The van der Waals surface area contributed by atoms with Gasteiger partial charge in [-0.2, -0.15) is 0 Å². The van der Waals surface area contributed by atoms with Gasteiger partial charge in [-0.05, 0) is 119 Å². The van der Waals surface area contributed by atoms with Crippen LogP contribution in [0.15, 0.2) is 70.5 Å². The van der Waals surface area contributed by atoms with E-state index in [-0.39, 0.29) is 58.7 Å². The maximum absolute atomic E-state index is 11.9.